The molecule has 0 spiro atoms. The van der Waals surface area contributed by atoms with E-state index in [1.165, 1.54) is 0 Å². The quantitative estimate of drug-likeness (QED) is 0.548. The number of carbonyl (C=O) groups is 1. The molecule has 0 aliphatic heterocycles. The standard InChI is InChI=1S/C19H12Cl2O/c20-17-12-6-11-15(18(17)21)14-9-4-5-10-16(14)19(22)13-7-2-1-3-8-13/h1-12H. The van der Waals surface area contributed by atoms with Crippen LogP contribution in [0.1, 0.15) is 15.9 Å². The first-order valence-electron chi connectivity index (χ1n) is 6.81. The van der Waals surface area contributed by atoms with E-state index in [4.69, 9.17) is 23.2 Å². The van der Waals surface area contributed by atoms with Gasteiger partial charge in [-0.05, 0) is 11.6 Å². The number of rotatable bonds is 3. The summed E-state index contributed by atoms with van der Waals surface area (Å²) >= 11 is 12.4. The molecule has 0 amide bonds. The SMILES string of the molecule is O=C(c1ccccc1)c1ccccc1-c1cccc(Cl)c1Cl. The van der Waals surface area contributed by atoms with E-state index >= 15 is 0 Å². The van der Waals surface area contributed by atoms with Crippen LogP contribution in [-0.4, -0.2) is 5.78 Å². The fourth-order valence-corrected chi connectivity index (χ4v) is 2.78. The summed E-state index contributed by atoms with van der Waals surface area (Å²) in [5, 5.41) is 0.929. The summed E-state index contributed by atoms with van der Waals surface area (Å²) in [6.07, 6.45) is 0. The van der Waals surface area contributed by atoms with Crippen LogP contribution in [-0.2, 0) is 0 Å². The van der Waals surface area contributed by atoms with Crippen LogP contribution in [0.2, 0.25) is 10.0 Å². The summed E-state index contributed by atoms with van der Waals surface area (Å²) in [6, 6.07) is 22.0. The predicted molar refractivity (Wildman–Crippen MR) is 91.8 cm³/mol. The van der Waals surface area contributed by atoms with Crippen molar-refractivity contribution in [2.24, 2.45) is 0 Å². The molecule has 22 heavy (non-hydrogen) atoms. The van der Waals surface area contributed by atoms with Crippen LogP contribution in [0.5, 0.6) is 0 Å². The normalized spacial score (nSPS) is 10.5. The zero-order valence-electron chi connectivity index (χ0n) is 11.6. The highest BCUT2D eigenvalue weighted by atomic mass is 35.5. The highest BCUT2D eigenvalue weighted by molar-refractivity contribution is 6.43. The smallest absolute Gasteiger partial charge is 0.193 e. The van der Waals surface area contributed by atoms with Crippen molar-refractivity contribution in [3.05, 3.63) is 94.0 Å². The average molecular weight is 327 g/mol. The minimum Gasteiger partial charge on any atom is -0.289 e. The molecule has 0 aliphatic rings. The predicted octanol–water partition coefficient (Wildman–Crippen LogP) is 5.89. The van der Waals surface area contributed by atoms with E-state index < -0.39 is 0 Å². The minimum absolute atomic E-state index is 0.0350. The Hall–Kier alpha value is -2.09. The third-order valence-electron chi connectivity index (χ3n) is 3.45. The van der Waals surface area contributed by atoms with E-state index in [1.54, 1.807) is 18.2 Å². The second kappa shape index (κ2) is 6.35. The second-order valence-electron chi connectivity index (χ2n) is 4.84. The lowest BCUT2D eigenvalue weighted by Gasteiger charge is -2.11. The van der Waals surface area contributed by atoms with Crippen molar-refractivity contribution in [3.8, 4) is 11.1 Å². The van der Waals surface area contributed by atoms with Crippen LogP contribution in [0.25, 0.3) is 11.1 Å². The van der Waals surface area contributed by atoms with Gasteiger partial charge in [0, 0.05) is 16.7 Å². The van der Waals surface area contributed by atoms with Gasteiger partial charge in [0.1, 0.15) is 0 Å². The third-order valence-corrected chi connectivity index (χ3v) is 4.27. The first-order valence-corrected chi connectivity index (χ1v) is 7.57. The van der Waals surface area contributed by atoms with E-state index in [0.29, 0.717) is 21.2 Å². The molecule has 3 rings (SSSR count). The Morgan fingerprint density at radius 1 is 0.682 bits per heavy atom. The maximum Gasteiger partial charge on any atom is 0.193 e. The van der Waals surface area contributed by atoms with Crippen LogP contribution in [0.3, 0.4) is 0 Å². The Morgan fingerprint density at radius 3 is 2.09 bits per heavy atom. The van der Waals surface area contributed by atoms with Gasteiger partial charge in [-0.3, -0.25) is 4.79 Å². The fourth-order valence-electron chi connectivity index (χ4n) is 2.37. The van der Waals surface area contributed by atoms with Crippen LogP contribution in [0, 0.1) is 0 Å². The number of benzene rings is 3. The van der Waals surface area contributed by atoms with E-state index in [9.17, 15) is 4.79 Å². The largest absolute Gasteiger partial charge is 0.289 e. The molecular formula is C19H12Cl2O. The lowest BCUT2D eigenvalue weighted by atomic mass is 9.94. The minimum atomic E-state index is -0.0350. The summed E-state index contributed by atoms with van der Waals surface area (Å²) in [4.78, 5) is 12.8. The van der Waals surface area contributed by atoms with Crippen molar-refractivity contribution >= 4 is 29.0 Å². The monoisotopic (exact) mass is 326 g/mol. The second-order valence-corrected chi connectivity index (χ2v) is 5.63. The van der Waals surface area contributed by atoms with Crippen molar-refractivity contribution in [1.29, 1.82) is 0 Å². The first-order chi connectivity index (χ1) is 10.7. The van der Waals surface area contributed by atoms with Gasteiger partial charge in [0.05, 0.1) is 10.0 Å². The Labute approximate surface area is 139 Å². The van der Waals surface area contributed by atoms with Crippen LogP contribution >= 0.6 is 23.2 Å². The summed E-state index contributed by atoms with van der Waals surface area (Å²) < 4.78 is 0. The average Bonchev–Trinajstić information content (AvgIpc) is 2.57. The van der Waals surface area contributed by atoms with Crippen LogP contribution in [0.4, 0.5) is 0 Å². The van der Waals surface area contributed by atoms with Gasteiger partial charge in [-0.1, -0.05) is 89.9 Å². The molecule has 1 nitrogen and oxygen atoms in total. The molecule has 3 aromatic rings. The van der Waals surface area contributed by atoms with Gasteiger partial charge in [-0.25, -0.2) is 0 Å². The topological polar surface area (TPSA) is 17.1 Å². The third kappa shape index (κ3) is 2.78. The van der Waals surface area contributed by atoms with Gasteiger partial charge in [0.15, 0.2) is 5.78 Å². The number of hydrogen-bond donors (Lipinski definition) is 0. The van der Waals surface area contributed by atoms with E-state index in [2.05, 4.69) is 0 Å². The Morgan fingerprint density at radius 2 is 1.32 bits per heavy atom. The Kier molecular flexibility index (Phi) is 4.28. The fraction of sp³-hybridized carbons (Fsp3) is 0. The van der Waals surface area contributed by atoms with Crippen molar-refractivity contribution < 1.29 is 4.79 Å². The Bertz CT molecular complexity index is 826. The van der Waals surface area contributed by atoms with Gasteiger partial charge in [0.2, 0.25) is 0 Å². The van der Waals surface area contributed by atoms with Gasteiger partial charge in [0.25, 0.3) is 0 Å². The van der Waals surface area contributed by atoms with Gasteiger partial charge >= 0.3 is 0 Å². The maximum atomic E-state index is 12.8. The summed E-state index contributed by atoms with van der Waals surface area (Å²) in [6.45, 7) is 0. The Balaban J connectivity index is 2.16. The molecule has 0 bridgehead atoms. The number of halogens is 2. The molecule has 0 atom stereocenters. The molecule has 3 heteroatoms. The molecule has 0 unspecified atom stereocenters. The van der Waals surface area contributed by atoms with Crippen LogP contribution < -0.4 is 0 Å². The first kappa shape index (κ1) is 14.8. The maximum absolute atomic E-state index is 12.8. The highest BCUT2D eigenvalue weighted by Crippen LogP contribution is 2.35. The molecule has 3 aromatic carbocycles. The molecule has 0 fully saturated rings. The molecule has 0 N–H and O–H groups in total. The van der Waals surface area contributed by atoms with E-state index in [-0.39, 0.29) is 5.78 Å². The summed E-state index contributed by atoms with van der Waals surface area (Å²) in [5.41, 5.74) is 2.80. The van der Waals surface area contributed by atoms with Gasteiger partial charge < -0.3 is 0 Å². The molecule has 0 aromatic heterocycles. The van der Waals surface area contributed by atoms with Crippen molar-refractivity contribution in [3.63, 3.8) is 0 Å². The molecular weight excluding hydrogens is 315 g/mol. The summed E-state index contributed by atoms with van der Waals surface area (Å²) in [7, 11) is 0. The molecule has 0 saturated heterocycles. The highest BCUT2D eigenvalue weighted by Gasteiger charge is 2.16. The molecule has 0 aliphatic carbocycles. The molecule has 0 heterocycles. The van der Waals surface area contributed by atoms with Gasteiger partial charge in [-0.15, -0.1) is 0 Å². The van der Waals surface area contributed by atoms with Crippen molar-refractivity contribution in [2.45, 2.75) is 0 Å². The summed E-state index contributed by atoms with van der Waals surface area (Å²) in [5.74, 6) is -0.0350. The number of ketones is 1. The van der Waals surface area contributed by atoms with Crippen molar-refractivity contribution in [1.82, 2.24) is 0 Å². The van der Waals surface area contributed by atoms with Crippen LogP contribution in [0.15, 0.2) is 72.8 Å². The van der Waals surface area contributed by atoms with E-state index in [0.717, 1.165) is 11.1 Å². The number of hydrogen-bond acceptors (Lipinski definition) is 1. The number of carbonyl (C=O) groups excluding carboxylic acids is 1. The van der Waals surface area contributed by atoms with E-state index in [1.807, 2.05) is 54.6 Å². The zero-order chi connectivity index (χ0) is 15.5. The lowest BCUT2D eigenvalue weighted by molar-refractivity contribution is 0.103. The molecule has 0 radical (unpaired) electrons. The molecule has 108 valence electrons. The van der Waals surface area contributed by atoms with Crippen molar-refractivity contribution in [2.75, 3.05) is 0 Å². The zero-order valence-corrected chi connectivity index (χ0v) is 13.1. The van der Waals surface area contributed by atoms with Gasteiger partial charge in [-0.2, -0.15) is 0 Å². The lowest BCUT2D eigenvalue weighted by Crippen LogP contribution is -2.03. The molecule has 0 saturated carbocycles.